The number of carbonyl (C=O) groups excluding carboxylic acids is 1. The molecule has 4 heteroatoms. The maximum absolute atomic E-state index is 12.5. The van der Waals surface area contributed by atoms with Crippen LogP contribution >= 0.6 is 0 Å². The summed E-state index contributed by atoms with van der Waals surface area (Å²) >= 11 is 0. The number of nitrogens with one attached hydrogen (secondary N) is 1. The second-order valence-electron chi connectivity index (χ2n) is 5.32. The van der Waals surface area contributed by atoms with Gasteiger partial charge in [0, 0.05) is 0 Å². The zero-order chi connectivity index (χ0) is 16.1. The molecule has 0 aromatic heterocycles. The number of anilines is 1. The van der Waals surface area contributed by atoms with Crippen molar-refractivity contribution >= 4 is 11.6 Å². The molecule has 116 valence electrons. The largest absolute Gasteiger partial charge is 0.495 e. The Morgan fingerprint density at radius 2 is 1.82 bits per heavy atom. The van der Waals surface area contributed by atoms with Gasteiger partial charge in [0.2, 0.25) is 0 Å². The number of hydrogen-bond donors (Lipinski definition) is 1. The number of methoxy groups -OCH3 is 1. The lowest BCUT2D eigenvalue weighted by atomic mass is 10.1. The minimum absolute atomic E-state index is 0.00227. The normalized spacial score (nSPS) is 10.4. The molecule has 0 spiro atoms. The number of para-hydroxylation sites is 1. The number of hydrogen-bond acceptors (Lipinski definition) is 3. The molecule has 1 N–H and O–H groups in total. The van der Waals surface area contributed by atoms with Gasteiger partial charge in [0.15, 0.2) is 0 Å². The van der Waals surface area contributed by atoms with Crippen molar-refractivity contribution in [2.24, 2.45) is 0 Å². The van der Waals surface area contributed by atoms with E-state index >= 15 is 0 Å². The van der Waals surface area contributed by atoms with Gasteiger partial charge in [-0.15, -0.1) is 0 Å². The van der Waals surface area contributed by atoms with Crippen LogP contribution in [0.1, 0.15) is 29.8 Å². The van der Waals surface area contributed by atoms with Gasteiger partial charge in [-0.3, -0.25) is 4.79 Å². The second kappa shape index (κ2) is 6.98. The van der Waals surface area contributed by atoms with Crippen LogP contribution in [0.4, 0.5) is 5.69 Å². The summed E-state index contributed by atoms with van der Waals surface area (Å²) in [6.07, 6.45) is 0.00227. The summed E-state index contributed by atoms with van der Waals surface area (Å²) in [7, 11) is 1.58. The Bertz CT molecular complexity index is 665. The maximum atomic E-state index is 12.5. The monoisotopic (exact) mass is 299 g/mol. The Morgan fingerprint density at radius 1 is 1.09 bits per heavy atom. The molecular formula is C18H21NO3. The van der Waals surface area contributed by atoms with Gasteiger partial charge in [-0.05, 0) is 50.6 Å². The quantitative estimate of drug-likeness (QED) is 0.906. The van der Waals surface area contributed by atoms with Gasteiger partial charge in [-0.25, -0.2) is 0 Å². The molecule has 1 amide bonds. The molecule has 4 nitrogen and oxygen atoms in total. The molecule has 22 heavy (non-hydrogen) atoms. The summed E-state index contributed by atoms with van der Waals surface area (Å²) in [5.41, 5.74) is 2.19. The summed E-state index contributed by atoms with van der Waals surface area (Å²) < 4.78 is 11.0. The van der Waals surface area contributed by atoms with E-state index in [0.717, 1.165) is 5.56 Å². The SMILES string of the molecule is COc1ccc(C)cc1NC(=O)c1ccccc1OC(C)C. The lowest BCUT2D eigenvalue weighted by Gasteiger charge is -2.15. The predicted molar refractivity (Wildman–Crippen MR) is 87.9 cm³/mol. The first-order valence-corrected chi connectivity index (χ1v) is 7.23. The van der Waals surface area contributed by atoms with Crippen molar-refractivity contribution in [3.8, 4) is 11.5 Å². The van der Waals surface area contributed by atoms with Crippen molar-refractivity contribution in [2.45, 2.75) is 26.9 Å². The number of carbonyl (C=O) groups is 1. The van der Waals surface area contributed by atoms with Gasteiger partial charge in [-0.2, -0.15) is 0 Å². The molecular weight excluding hydrogens is 278 g/mol. The van der Waals surface area contributed by atoms with E-state index in [-0.39, 0.29) is 12.0 Å². The summed E-state index contributed by atoms with van der Waals surface area (Å²) in [5.74, 6) is 0.975. The van der Waals surface area contributed by atoms with Crippen molar-refractivity contribution in [1.29, 1.82) is 0 Å². The van der Waals surface area contributed by atoms with Crippen LogP contribution in [0.3, 0.4) is 0 Å². The Labute approximate surface area is 131 Å². The van der Waals surface area contributed by atoms with E-state index in [9.17, 15) is 4.79 Å². The third-order valence-electron chi connectivity index (χ3n) is 3.10. The number of rotatable bonds is 5. The molecule has 2 aromatic rings. The topological polar surface area (TPSA) is 47.6 Å². The van der Waals surface area contributed by atoms with E-state index in [4.69, 9.17) is 9.47 Å². The zero-order valence-corrected chi connectivity index (χ0v) is 13.3. The molecule has 0 bridgehead atoms. The molecule has 0 aliphatic rings. The first kappa shape index (κ1) is 15.9. The van der Waals surface area contributed by atoms with Crippen LogP contribution in [0, 0.1) is 6.92 Å². The van der Waals surface area contributed by atoms with Gasteiger partial charge < -0.3 is 14.8 Å². The fourth-order valence-corrected chi connectivity index (χ4v) is 2.12. The van der Waals surface area contributed by atoms with Crippen LogP contribution in [-0.4, -0.2) is 19.1 Å². The Kier molecular flexibility index (Phi) is 5.04. The molecule has 2 aromatic carbocycles. The van der Waals surface area contributed by atoms with Gasteiger partial charge >= 0.3 is 0 Å². The first-order valence-electron chi connectivity index (χ1n) is 7.23. The highest BCUT2D eigenvalue weighted by atomic mass is 16.5. The first-order chi connectivity index (χ1) is 10.5. The number of benzene rings is 2. The van der Waals surface area contributed by atoms with E-state index in [2.05, 4.69) is 5.32 Å². The van der Waals surface area contributed by atoms with Gasteiger partial charge in [-0.1, -0.05) is 18.2 Å². The van der Waals surface area contributed by atoms with E-state index in [0.29, 0.717) is 22.7 Å². The standard InChI is InChI=1S/C18H21NO3/c1-12(2)22-16-8-6-5-7-14(16)18(20)19-15-11-13(3)9-10-17(15)21-4/h5-12H,1-4H3,(H,19,20). The molecule has 0 unspecified atom stereocenters. The van der Waals surface area contributed by atoms with Crippen molar-refractivity contribution < 1.29 is 14.3 Å². The second-order valence-corrected chi connectivity index (χ2v) is 5.32. The average Bonchev–Trinajstić information content (AvgIpc) is 2.47. The fraction of sp³-hybridized carbons (Fsp3) is 0.278. The predicted octanol–water partition coefficient (Wildman–Crippen LogP) is 4.04. The number of amides is 1. The summed E-state index contributed by atoms with van der Waals surface area (Å²) in [6, 6.07) is 12.9. The third-order valence-corrected chi connectivity index (χ3v) is 3.10. The minimum atomic E-state index is -0.222. The molecule has 0 atom stereocenters. The minimum Gasteiger partial charge on any atom is -0.495 e. The Hall–Kier alpha value is -2.49. The van der Waals surface area contributed by atoms with E-state index in [1.807, 2.05) is 51.1 Å². The van der Waals surface area contributed by atoms with Gasteiger partial charge in [0.25, 0.3) is 5.91 Å². The summed E-state index contributed by atoms with van der Waals surface area (Å²) in [6.45, 7) is 5.82. The van der Waals surface area contributed by atoms with Crippen molar-refractivity contribution in [1.82, 2.24) is 0 Å². The molecule has 0 saturated heterocycles. The number of ether oxygens (including phenoxy) is 2. The molecule has 0 fully saturated rings. The van der Waals surface area contributed by atoms with E-state index in [1.165, 1.54) is 0 Å². The van der Waals surface area contributed by atoms with Crippen LogP contribution < -0.4 is 14.8 Å². The molecule has 0 radical (unpaired) electrons. The molecule has 0 saturated carbocycles. The fourth-order valence-electron chi connectivity index (χ4n) is 2.12. The van der Waals surface area contributed by atoms with Crippen LogP contribution in [0.25, 0.3) is 0 Å². The van der Waals surface area contributed by atoms with Gasteiger partial charge in [0.1, 0.15) is 11.5 Å². The van der Waals surface area contributed by atoms with Crippen LogP contribution in [0.2, 0.25) is 0 Å². The Morgan fingerprint density at radius 3 is 2.50 bits per heavy atom. The molecule has 0 heterocycles. The Balaban J connectivity index is 2.28. The van der Waals surface area contributed by atoms with Crippen molar-refractivity contribution in [3.05, 3.63) is 53.6 Å². The highest BCUT2D eigenvalue weighted by molar-refractivity contribution is 6.06. The maximum Gasteiger partial charge on any atom is 0.259 e. The third kappa shape index (κ3) is 3.79. The van der Waals surface area contributed by atoms with Crippen molar-refractivity contribution in [2.75, 3.05) is 12.4 Å². The number of aryl methyl sites for hydroxylation is 1. The van der Waals surface area contributed by atoms with Crippen molar-refractivity contribution in [3.63, 3.8) is 0 Å². The molecule has 0 aliphatic heterocycles. The van der Waals surface area contributed by atoms with E-state index in [1.54, 1.807) is 19.2 Å². The zero-order valence-electron chi connectivity index (χ0n) is 13.3. The highest BCUT2D eigenvalue weighted by Gasteiger charge is 2.15. The smallest absolute Gasteiger partial charge is 0.259 e. The average molecular weight is 299 g/mol. The molecule has 2 rings (SSSR count). The lowest BCUT2D eigenvalue weighted by molar-refractivity contribution is 0.102. The lowest BCUT2D eigenvalue weighted by Crippen LogP contribution is -2.16. The van der Waals surface area contributed by atoms with E-state index < -0.39 is 0 Å². The van der Waals surface area contributed by atoms with Crippen LogP contribution in [0.15, 0.2) is 42.5 Å². The van der Waals surface area contributed by atoms with Crippen LogP contribution in [0.5, 0.6) is 11.5 Å². The summed E-state index contributed by atoms with van der Waals surface area (Å²) in [4.78, 5) is 12.5. The molecule has 0 aliphatic carbocycles. The highest BCUT2D eigenvalue weighted by Crippen LogP contribution is 2.27. The summed E-state index contributed by atoms with van der Waals surface area (Å²) in [5, 5.41) is 2.89. The van der Waals surface area contributed by atoms with Crippen LogP contribution in [-0.2, 0) is 0 Å². The van der Waals surface area contributed by atoms with Gasteiger partial charge in [0.05, 0.1) is 24.5 Å².